The summed E-state index contributed by atoms with van der Waals surface area (Å²) in [7, 11) is 0. The average Bonchev–Trinajstić information content (AvgIpc) is 2.60. The first-order valence-electron chi connectivity index (χ1n) is 7.91. The van der Waals surface area contributed by atoms with Gasteiger partial charge in [-0.1, -0.05) is 24.3 Å². The van der Waals surface area contributed by atoms with Crippen LogP contribution in [0.5, 0.6) is 0 Å². The zero-order chi connectivity index (χ0) is 17.6. The molecule has 0 bridgehead atoms. The van der Waals surface area contributed by atoms with Gasteiger partial charge < -0.3 is 10.6 Å². The van der Waals surface area contributed by atoms with Crippen molar-refractivity contribution in [3.05, 3.63) is 83.2 Å². The summed E-state index contributed by atoms with van der Waals surface area (Å²) in [6.07, 6.45) is 0. The smallest absolute Gasteiger partial charge is 0.132 e. The Bertz CT molecular complexity index is 765. The van der Waals surface area contributed by atoms with Crippen molar-refractivity contribution < 1.29 is 8.78 Å². The number of hydrogen-bond donors (Lipinski definition) is 2. The Morgan fingerprint density at radius 1 is 0.720 bits per heavy atom. The maximum atomic E-state index is 12.9. The fraction of sp³-hybridized carbons (Fsp3) is 0.158. The summed E-state index contributed by atoms with van der Waals surface area (Å²) >= 11 is 0. The van der Waals surface area contributed by atoms with Crippen molar-refractivity contribution in [2.75, 3.05) is 10.6 Å². The lowest BCUT2D eigenvalue weighted by Gasteiger charge is -2.10. The lowest BCUT2D eigenvalue weighted by molar-refractivity contribution is 0.626. The molecule has 4 nitrogen and oxygen atoms in total. The topological polar surface area (TPSA) is 49.8 Å². The van der Waals surface area contributed by atoms with Crippen molar-refractivity contribution in [2.24, 2.45) is 0 Å². The highest BCUT2D eigenvalue weighted by molar-refractivity contribution is 5.48. The van der Waals surface area contributed by atoms with E-state index in [4.69, 9.17) is 0 Å². The highest BCUT2D eigenvalue weighted by atomic mass is 19.1. The molecule has 0 amide bonds. The third kappa shape index (κ3) is 4.97. The van der Waals surface area contributed by atoms with Crippen molar-refractivity contribution in [1.82, 2.24) is 9.97 Å². The number of aromatic nitrogens is 2. The summed E-state index contributed by atoms with van der Waals surface area (Å²) in [5.74, 6) is 1.48. The molecule has 0 aliphatic carbocycles. The highest BCUT2D eigenvalue weighted by Crippen LogP contribution is 2.14. The van der Waals surface area contributed by atoms with Crippen LogP contribution in [-0.2, 0) is 13.1 Å². The zero-order valence-electron chi connectivity index (χ0n) is 13.8. The van der Waals surface area contributed by atoms with Crippen LogP contribution in [0.3, 0.4) is 0 Å². The van der Waals surface area contributed by atoms with Gasteiger partial charge in [0.05, 0.1) is 0 Å². The van der Waals surface area contributed by atoms with Crippen LogP contribution in [0.4, 0.5) is 20.4 Å². The van der Waals surface area contributed by atoms with E-state index in [0.717, 1.165) is 11.1 Å². The molecule has 0 saturated heterocycles. The summed E-state index contributed by atoms with van der Waals surface area (Å²) in [4.78, 5) is 8.69. The molecule has 0 spiro atoms. The minimum Gasteiger partial charge on any atom is -0.366 e. The number of nitrogens with one attached hydrogen (secondary N) is 2. The Hall–Kier alpha value is -3.02. The molecule has 3 aromatic rings. The average molecular weight is 340 g/mol. The quantitative estimate of drug-likeness (QED) is 0.703. The van der Waals surface area contributed by atoms with Gasteiger partial charge in [0.2, 0.25) is 0 Å². The van der Waals surface area contributed by atoms with Crippen LogP contribution in [-0.4, -0.2) is 9.97 Å². The van der Waals surface area contributed by atoms with Crippen molar-refractivity contribution in [3.8, 4) is 0 Å². The third-order valence-electron chi connectivity index (χ3n) is 3.61. The van der Waals surface area contributed by atoms with E-state index < -0.39 is 0 Å². The Morgan fingerprint density at radius 2 is 1.12 bits per heavy atom. The highest BCUT2D eigenvalue weighted by Gasteiger charge is 2.03. The third-order valence-corrected chi connectivity index (χ3v) is 3.61. The first kappa shape index (κ1) is 16.8. The summed E-state index contributed by atoms with van der Waals surface area (Å²) in [6, 6.07) is 14.4. The van der Waals surface area contributed by atoms with Crippen LogP contribution < -0.4 is 10.6 Å². The molecule has 3 rings (SSSR count). The Morgan fingerprint density at radius 3 is 1.52 bits per heavy atom. The first-order valence-corrected chi connectivity index (χ1v) is 7.91. The van der Waals surface area contributed by atoms with Crippen LogP contribution in [0.1, 0.15) is 17.0 Å². The molecule has 1 heterocycles. The second-order valence-electron chi connectivity index (χ2n) is 5.65. The van der Waals surface area contributed by atoms with Crippen LogP contribution in [0.25, 0.3) is 0 Å². The largest absolute Gasteiger partial charge is 0.366 e. The predicted molar refractivity (Wildman–Crippen MR) is 94.2 cm³/mol. The molecule has 128 valence electrons. The number of nitrogens with zero attached hydrogens (tertiary/aromatic N) is 2. The maximum absolute atomic E-state index is 12.9. The molecular weight excluding hydrogens is 322 g/mol. The van der Waals surface area contributed by atoms with E-state index in [2.05, 4.69) is 20.6 Å². The van der Waals surface area contributed by atoms with E-state index in [-0.39, 0.29) is 11.6 Å². The normalized spacial score (nSPS) is 10.5. The fourth-order valence-corrected chi connectivity index (χ4v) is 2.34. The molecule has 0 aliphatic heterocycles. The number of benzene rings is 2. The lowest BCUT2D eigenvalue weighted by Crippen LogP contribution is -2.07. The van der Waals surface area contributed by atoms with E-state index in [0.29, 0.717) is 30.5 Å². The minimum atomic E-state index is -0.256. The molecule has 2 aromatic carbocycles. The van der Waals surface area contributed by atoms with E-state index in [1.807, 2.05) is 6.92 Å². The number of halogens is 2. The Balaban J connectivity index is 1.63. The summed E-state index contributed by atoms with van der Waals surface area (Å²) in [5, 5.41) is 6.41. The van der Waals surface area contributed by atoms with Gasteiger partial charge in [-0.15, -0.1) is 0 Å². The lowest BCUT2D eigenvalue weighted by atomic mass is 10.2. The molecule has 0 unspecified atom stereocenters. The van der Waals surface area contributed by atoms with Gasteiger partial charge in [0.15, 0.2) is 0 Å². The molecule has 0 atom stereocenters. The van der Waals surface area contributed by atoms with Crippen molar-refractivity contribution in [1.29, 1.82) is 0 Å². The van der Waals surface area contributed by atoms with Gasteiger partial charge in [-0.05, 0) is 42.3 Å². The van der Waals surface area contributed by atoms with Crippen LogP contribution in [0.2, 0.25) is 0 Å². The van der Waals surface area contributed by atoms with Crippen molar-refractivity contribution in [3.63, 3.8) is 0 Å². The molecule has 0 fully saturated rings. The second-order valence-corrected chi connectivity index (χ2v) is 5.65. The van der Waals surface area contributed by atoms with Crippen LogP contribution >= 0.6 is 0 Å². The zero-order valence-corrected chi connectivity index (χ0v) is 13.8. The standard InChI is InChI=1S/C19H18F2N4/c1-13-24-18(22-11-14-2-6-16(20)7-3-14)10-19(25-13)23-12-15-4-8-17(21)9-5-15/h2-10H,11-12H2,1H3,(H2,22,23,24,25). The van der Waals surface area contributed by atoms with E-state index in [1.165, 1.54) is 24.3 Å². The van der Waals surface area contributed by atoms with Crippen LogP contribution in [0, 0.1) is 18.6 Å². The fourth-order valence-electron chi connectivity index (χ4n) is 2.34. The number of aryl methyl sites for hydroxylation is 1. The molecule has 2 N–H and O–H groups in total. The van der Waals surface area contributed by atoms with E-state index >= 15 is 0 Å². The van der Waals surface area contributed by atoms with Gasteiger partial charge >= 0.3 is 0 Å². The van der Waals surface area contributed by atoms with Gasteiger partial charge in [0, 0.05) is 19.2 Å². The van der Waals surface area contributed by atoms with Gasteiger partial charge in [-0.2, -0.15) is 0 Å². The number of anilines is 2. The molecule has 1 aromatic heterocycles. The van der Waals surface area contributed by atoms with Crippen molar-refractivity contribution >= 4 is 11.6 Å². The molecule has 25 heavy (non-hydrogen) atoms. The first-order chi connectivity index (χ1) is 12.1. The Kier molecular flexibility index (Phi) is 5.18. The Labute approximate surface area is 145 Å². The van der Waals surface area contributed by atoms with E-state index in [9.17, 15) is 8.78 Å². The monoisotopic (exact) mass is 340 g/mol. The van der Waals surface area contributed by atoms with Gasteiger partial charge in [0.25, 0.3) is 0 Å². The second kappa shape index (κ2) is 7.70. The van der Waals surface area contributed by atoms with Gasteiger partial charge in [0.1, 0.15) is 29.1 Å². The van der Waals surface area contributed by atoms with Gasteiger partial charge in [-0.3, -0.25) is 0 Å². The van der Waals surface area contributed by atoms with Gasteiger partial charge in [-0.25, -0.2) is 18.7 Å². The molecule has 6 heteroatoms. The maximum Gasteiger partial charge on any atom is 0.132 e. The summed E-state index contributed by atoms with van der Waals surface area (Å²) in [5.41, 5.74) is 1.91. The number of rotatable bonds is 6. The predicted octanol–water partition coefficient (Wildman–Crippen LogP) is 4.29. The molecule has 0 saturated carbocycles. The van der Waals surface area contributed by atoms with Crippen LogP contribution in [0.15, 0.2) is 54.6 Å². The molecule has 0 aliphatic rings. The molecule has 0 radical (unpaired) electrons. The number of hydrogen-bond acceptors (Lipinski definition) is 4. The summed E-state index contributed by atoms with van der Waals surface area (Å²) in [6.45, 7) is 2.88. The van der Waals surface area contributed by atoms with E-state index in [1.54, 1.807) is 30.3 Å². The summed E-state index contributed by atoms with van der Waals surface area (Å²) < 4.78 is 25.9. The molecular formula is C19H18F2N4. The van der Waals surface area contributed by atoms with Crippen molar-refractivity contribution in [2.45, 2.75) is 20.0 Å². The minimum absolute atomic E-state index is 0.256. The SMILES string of the molecule is Cc1nc(NCc2ccc(F)cc2)cc(NCc2ccc(F)cc2)n1.